The first-order valence-electron chi connectivity index (χ1n) is 11.7. The number of rotatable bonds is 16. The molecule has 0 fully saturated rings. The predicted octanol–water partition coefficient (Wildman–Crippen LogP) is 4.95. The average Bonchev–Trinajstić information content (AvgIpc) is 2.63. The van der Waals surface area contributed by atoms with Gasteiger partial charge in [0.15, 0.2) is 0 Å². The Morgan fingerprint density at radius 3 is 1.89 bits per heavy atom. The fourth-order valence-electron chi connectivity index (χ4n) is 4.66. The Balaban J connectivity index is 6.14. The van der Waals surface area contributed by atoms with Gasteiger partial charge in [-0.3, -0.25) is 5.43 Å². The Morgan fingerprint density at radius 2 is 1.52 bits per heavy atom. The third kappa shape index (κ3) is 6.99. The number of nitrogens with one attached hydrogen (secondary N) is 3. The van der Waals surface area contributed by atoms with E-state index < -0.39 is 0 Å². The van der Waals surface area contributed by atoms with Crippen molar-refractivity contribution < 1.29 is 0 Å². The van der Waals surface area contributed by atoms with Crippen molar-refractivity contribution in [2.75, 3.05) is 19.6 Å². The van der Waals surface area contributed by atoms with E-state index in [9.17, 15) is 0 Å². The average molecular weight is 385 g/mol. The van der Waals surface area contributed by atoms with Crippen LogP contribution in [0.1, 0.15) is 101 Å². The Bertz CT molecular complexity index is 365. The number of likely N-dealkylation sites (N-methyl/N-ethyl adjacent to an activating group) is 1. The molecule has 4 heteroatoms. The first-order valence-corrected chi connectivity index (χ1v) is 11.7. The lowest BCUT2D eigenvalue weighted by molar-refractivity contribution is -0.0604. The molecule has 0 heterocycles. The molecule has 3 N–H and O–H groups in total. The Morgan fingerprint density at radius 1 is 0.926 bits per heavy atom. The fourth-order valence-corrected chi connectivity index (χ4v) is 4.66. The van der Waals surface area contributed by atoms with Gasteiger partial charge in [0, 0.05) is 30.7 Å². The zero-order valence-corrected chi connectivity index (χ0v) is 20.3. The van der Waals surface area contributed by atoms with Crippen molar-refractivity contribution in [1.29, 1.82) is 0 Å². The highest BCUT2D eigenvalue weighted by atomic mass is 15.6. The molecule has 0 aromatic carbocycles. The van der Waals surface area contributed by atoms with Crippen LogP contribution in [0.2, 0.25) is 0 Å². The minimum absolute atomic E-state index is 0.0348. The van der Waals surface area contributed by atoms with Gasteiger partial charge in [-0.25, -0.2) is 5.01 Å². The van der Waals surface area contributed by atoms with E-state index in [1.165, 1.54) is 12.8 Å². The monoisotopic (exact) mass is 384 g/mol. The van der Waals surface area contributed by atoms with Crippen LogP contribution in [0, 0.1) is 5.92 Å². The van der Waals surface area contributed by atoms with Gasteiger partial charge in [-0.1, -0.05) is 68.7 Å². The van der Waals surface area contributed by atoms with Crippen LogP contribution < -0.4 is 16.1 Å². The largest absolute Gasteiger partial charge is 0.310 e. The third-order valence-electron chi connectivity index (χ3n) is 6.36. The molecule has 0 aromatic heterocycles. The van der Waals surface area contributed by atoms with Crippen LogP contribution in [-0.2, 0) is 0 Å². The molecule has 0 rings (SSSR count). The Labute approximate surface area is 171 Å². The molecule has 2 atom stereocenters. The second kappa shape index (κ2) is 13.1. The van der Waals surface area contributed by atoms with E-state index in [4.69, 9.17) is 0 Å². The molecule has 0 saturated heterocycles. The van der Waals surface area contributed by atoms with Crippen molar-refractivity contribution in [2.45, 2.75) is 125 Å². The van der Waals surface area contributed by atoms with E-state index in [1.807, 2.05) is 0 Å². The predicted molar refractivity (Wildman–Crippen MR) is 122 cm³/mol. The molecule has 2 unspecified atom stereocenters. The zero-order valence-electron chi connectivity index (χ0n) is 20.3. The van der Waals surface area contributed by atoms with Gasteiger partial charge in [0.1, 0.15) is 0 Å². The Kier molecular flexibility index (Phi) is 13.1. The molecule has 0 bridgehead atoms. The first-order chi connectivity index (χ1) is 12.7. The summed E-state index contributed by atoms with van der Waals surface area (Å²) in [5.74, 6) is 0.632. The summed E-state index contributed by atoms with van der Waals surface area (Å²) in [6, 6.07) is 0.881. The summed E-state index contributed by atoms with van der Waals surface area (Å²) in [5, 5.41) is 10.5. The van der Waals surface area contributed by atoms with E-state index in [2.05, 4.69) is 90.3 Å². The molecular formula is C23H52N4. The van der Waals surface area contributed by atoms with Crippen molar-refractivity contribution >= 4 is 0 Å². The molecule has 0 aliphatic heterocycles. The van der Waals surface area contributed by atoms with Gasteiger partial charge in [0.05, 0.1) is 5.54 Å². The molecular weight excluding hydrogens is 332 g/mol. The summed E-state index contributed by atoms with van der Waals surface area (Å²) in [5.41, 5.74) is 3.84. The highest BCUT2D eigenvalue weighted by molar-refractivity contribution is 5.13. The van der Waals surface area contributed by atoms with Crippen LogP contribution in [0.25, 0.3) is 0 Å². The number of hydrogen-bond acceptors (Lipinski definition) is 4. The smallest absolute Gasteiger partial charge is 0.0659 e. The summed E-state index contributed by atoms with van der Waals surface area (Å²) >= 11 is 0. The summed E-state index contributed by atoms with van der Waals surface area (Å²) in [7, 11) is 0. The van der Waals surface area contributed by atoms with Crippen LogP contribution in [0.4, 0.5) is 0 Å². The van der Waals surface area contributed by atoms with Gasteiger partial charge in [-0.05, 0) is 45.1 Å². The summed E-state index contributed by atoms with van der Waals surface area (Å²) < 4.78 is 0. The highest BCUT2D eigenvalue weighted by Gasteiger charge is 2.53. The van der Waals surface area contributed by atoms with Gasteiger partial charge >= 0.3 is 0 Å². The van der Waals surface area contributed by atoms with E-state index in [1.54, 1.807) is 0 Å². The number of hydrogen-bond donors (Lipinski definition) is 3. The molecule has 164 valence electrons. The summed E-state index contributed by atoms with van der Waals surface area (Å²) in [6.07, 6.45) is 5.83. The van der Waals surface area contributed by atoms with Crippen LogP contribution in [0.3, 0.4) is 0 Å². The lowest BCUT2D eigenvalue weighted by atomic mass is 9.68. The van der Waals surface area contributed by atoms with Crippen LogP contribution in [-0.4, -0.2) is 47.8 Å². The summed E-state index contributed by atoms with van der Waals surface area (Å²) in [6.45, 7) is 26.3. The van der Waals surface area contributed by atoms with Crippen LogP contribution in [0.15, 0.2) is 0 Å². The molecule has 0 aliphatic carbocycles. The number of hydrazine groups is 1. The third-order valence-corrected chi connectivity index (χ3v) is 6.36. The van der Waals surface area contributed by atoms with E-state index >= 15 is 0 Å². The minimum Gasteiger partial charge on any atom is -0.310 e. The van der Waals surface area contributed by atoms with E-state index in [0.29, 0.717) is 18.0 Å². The van der Waals surface area contributed by atoms with Gasteiger partial charge in [0.25, 0.3) is 0 Å². The van der Waals surface area contributed by atoms with Crippen LogP contribution in [0.5, 0.6) is 0 Å². The molecule has 0 radical (unpaired) electrons. The van der Waals surface area contributed by atoms with E-state index in [0.717, 1.165) is 38.9 Å². The fraction of sp³-hybridized carbons (Fsp3) is 1.00. The van der Waals surface area contributed by atoms with Gasteiger partial charge in [0.2, 0.25) is 0 Å². The molecule has 0 spiro atoms. The maximum atomic E-state index is 4.04. The second-order valence-electron chi connectivity index (χ2n) is 9.00. The molecule has 27 heavy (non-hydrogen) atoms. The van der Waals surface area contributed by atoms with Crippen molar-refractivity contribution in [3.63, 3.8) is 0 Å². The quantitative estimate of drug-likeness (QED) is 0.260. The summed E-state index contributed by atoms with van der Waals surface area (Å²) in [4.78, 5) is 0. The Hall–Kier alpha value is -0.160. The highest BCUT2D eigenvalue weighted by Crippen LogP contribution is 2.38. The number of unbranched alkanes of at least 4 members (excludes halogenated alkanes) is 1. The van der Waals surface area contributed by atoms with Gasteiger partial charge in [-0.15, -0.1) is 0 Å². The van der Waals surface area contributed by atoms with Crippen LogP contribution >= 0.6 is 0 Å². The molecule has 0 aliphatic rings. The van der Waals surface area contributed by atoms with Crippen molar-refractivity contribution in [1.82, 2.24) is 21.1 Å². The second-order valence-corrected chi connectivity index (χ2v) is 9.00. The van der Waals surface area contributed by atoms with Gasteiger partial charge in [-0.2, -0.15) is 0 Å². The zero-order chi connectivity index (χ0) is 21.1. The normalized spacial score (nSPS) is 16.3. The number of nitrogens with zero attached hydrogens (tertiary/aromatic N) is 1. The molecule has 0 saturated carbocycles. The van der Waals surface area contributed by atoms with Crippen molar-refractivity contribution in [3.05, 3.63) is 0 Å². The maximum absolute atomic E-state index is 4.04. The standard InChI is InChI=1S/C23H52N4/c1-11-16-17-24-23(13-3,14-4)22(10,21(12-2)26-20(8)9)27(15-5)25-18-19(6)7/h19-21,24-26H,11-18H2,1-10H3. The van der Waals surface area contributed by atoms with Crippen molar-refractivity contribution in [2.24, 2.45) is 5.92 Å². The first kappa shape index (κ1) is 26.8. The van der Waals surface area contributed by atoms with E-state index in [-0.39, 0.29) is 11.1 Å². The molecule has 0 amide bonds. The molecule has 4 nitrogen and oxygen atoms in total. The maximum Gasteiger partial charge on any atom is 0.0659 e. The lowest BCUT2D eigenvalue weighted by Crippen LogP contribution is -2.77. The van der Waals surface area contributed by atoms with Crippen molar-refractivity contribution in [3.8, 4) is 0 Å². The topological polar surface area (TPSA) is 39.3 Å². The SMILES string of the molecule is CCCCNC(CC)(CC)C(C)(C(CC)NC(C)C)N(CC)NCC(C)C. The minimum atomic E-state index is -0.0348. The van der Waals surface area contributed by atoms with Gasteiger partial charge < -0.3 is 10.6 Å². The molecule has 0 aromatic rings. The lowest BCUT2D eigenvalue weighted by Gasteiger charge is -2.58.